The fourth-order valence-corrected chi connectivity index (χ4v) is 2.00. The summed E-state index contributed by atoms with van der Waals surface area (Å²) in [5, 5.41) is 4.28. The zero-order valence-corrected chi connectivity index (χ0v) is 10.6. The molecule has 0 saturated heterocycles. The van der Waals surface area contributed by atoms with E-state index in [4.69, 9.17) is 10.2 Å². The Balaban J connectivity index is 1.91. The summed E-state index contributed by atoms with van der Waals surface area (Å²) >= 11 is 0. The quantitative estimate of drug-likeness (QED) is 0.703. The lowest BCUT2D eigenvalue weighted by Crippen LogP contribution is -2.01. The van der Waals surface area contributed by atoms with E-state index in [-0.39, 0.29) is 0 Å². The molecular weight excluding hydrogens is 240 g/mol. The average molecular weight is 254 g/mol. The zero-order valence-electron chi connectivity index (χ0n) is 10.6. The Hall–Kier alpha value is -2.56. The number of pyridine rings is 1. The number of oxazole rings is 1. The van der Waals surface area contributed by atoms with Gasteiger partial charge in [0.25, 0.3) is 0 Å². The summed E-state index contributed by atoms with van der Waals surface area (Å²) in [7, 11) is 0. The number of aromatic nitrogens is 2. The fourth-order valence-electron chi connectivity index (χ4n) is 2.00. The highest BCUT2D eigenvalue weighted by molar-refractivity contribution is 5.98. The lowest BCUT2D eigenvalue weighted by atomic mass is 10.1. The molecule has 0 aliphatic heterocycles. The normalized spacial score (nSPS) is 10.8. The van der Waals surface area contributed by atoms with Crippen LogP contribution >= 0.6 is 0 Å². The number of nitrogens with zero attached hydrogens (tertiary/aromatic N) is 2. The molecule has 0 spiro atoms. The van der Waals surface area contributed by atoms with E-state index in [1.807, 2.05) is 31.2 Å². The van der Waals surface area contributed by atoms with Crippen molar-refractivity contribution in [1.82, 2.24) is 9.97 Å². The van der Waals surface area contributed by atoms with Crippen LogP contribution in [0.25, 0.3) is 10.9 Å². The third kappa shape index (κ3) is 2.22. The molecule has 19 heavy (non-hydrogen) atoms. The van der Waals surface area contributed by atoms with Crippen LogP contribution in [0.2, 0.25) is 0 Å². The topological polar surface area (TPSA) is 77.0 Å². The Morgan fingerprint density at radius 1 is 1.26 bits per heavy atom. The molecule has 1 aromatic carbocycles. The van der Waals surface area contributed by atoms with Crippen LogP contribution in [0.15, 0.2) is 41.1 Å². The van der Waals surface area contributed by atoms with Crippen LogP contribution < -0.4 is 11.1 Å². The summed E-state index contributed by atoms with van der Waals surface area (Å²) in [5.74, 6) is 1.46. The van der Waals surface area contributed by atoms with Gasteiger partial charge in [-0.25, -0.2) is 4.98 Å². The van der Waals surface area contributed by atoms with E-state index in [0.29, 0.717) is 18.1 Å². The van der Waals surface area contributed by atoms with Gasteiger partial charge in [0.1, 0.15) is 5.76 Å². The Morgan fingerprint density at radius 2 is 2.16 bits per heavy atom. The molecule has 2 aromatic heterocycles. The smallest absolute Gasteiger partial charge is 0.213 e. The number of anilines is 2. The van der Waals surface area contributed by atoms with E-state index in [9.17, 15) is 0 Å². The van der Waals surface area contributed by atoms with E-state index < -0.39 is 0 Å². The molecule has 0 radical (unpaired) electrons. The highest BCUT2D eigenvalue weighted by Crippen LogP contribution is 2.26. The number of hydrogen-bond donors (Lipinski definition) is 2. The van der Waals surface area contributed by atoms with Gasteiger partial charge in [0.2, 0.25) is 5.89 Å². The van der Waals surface area contributed by atoms with Crippen molar-refractivity contribution in [3.63, 3.8) is 0 Å². The molecule has 96 valence electrons. The minimum atomic E-state index is 0.530. The van der Waals surface area contributed by atoms with Crippen molar-refractivity contribution >= 4 is 22.3 Å². The number of hydrogen-bond acceptors (Lipinski definition) is 5. The monoisotopic (exact) mass is 254 g/mol. The van der Waals surface area contributed by atoms with Gasteiger partial charge in [-0.15, -0.1) is 0 Å². The van der Waals surface area contributed by atoms with Gasteiger partial charge >= 0.3 is 0 Å². The third-order valence-corrected chi connectivity index (χ3v) is 2.90. The SMILES string of the molecule is Cc1cnc(CNc2ccc(N)c3ncccc23)o1. The van der Waals surface area contributed by atoms with Crippen molar-refractivity contribution in [3.05, 3.63) is 48.3 Å². The minimum Gasteiger partial charge on any atom is -0.444 e. The molecule has 0 saturated carbocycles. The molecule has 0 aliphatic rings. The standard InChI is InChI=1S/C14H14N4O/c1-9-7-18-13(19-9)8-17-12-5-4-11(15)14-10(12)3-2-6-16-14/h2-7,17H,8,15H2,1H3. The Bertz CT molecular complexity index is 720. The number of nitrogen functional groups attached to an aromatic ring is 1. The first-order valence-corrected chi connectivity index (χ1v) is 6.02. The Morgan fingerprint density at radius 3 is 2.95 bits per heavy atom. The number of aryl methyl sites for hydroxylation is 1. The molecule has 0 bridgehead atoms. The molecule has 5 heteroatoms. The summed E-state index contributed by atoms with van der Waals surface area (Å²) in [4.78, 5) is 8.46. The summed E-state index contributed by atoms with van der Waals surface area (Å²) in [6, 6.07) is 7.66. The second-order valence-corrected chi connectivity index (χ2v) is 4.32. The molecule has 3 rings (SSSR count). The molecule has 0 amide bonds. The molecule has 2 heterocycles. The Labute approximate surface area is 110 Å². The summed E-state index contributed by atoms with van der Waals surface area (Å²) < 4.78 is 5.43. The van der Waals surface area contributed by atoms with Gasteiger partial charge in [-0.2, -0.15) is 0 Å². The number of nitrogens with one attached hydrogen (secondary N) is 1. The predicted octanol–water partition coefficient (Wildman–Crippen LogP) is 2.73. The second kappa shape index (κ2) is 4.61. The van der Waals surface area contributed by atoms with Crippen molar-refractivity contribution in [2.75, 3.05) is 11.1 Å². The first-order valence-electron chi connectivity index (χ1n) is 6.02. The number of benzene rings is 1. The summed E-state index contributed by atoms with van der Waals surface area (Å²) in [6.07, 6.45) is 3.44. The molecule has 3 aromatic rings. The van der Waals surface area contributed by atoms with Gasteiger partial charge in [-0.1, -0.05) is 0 Å². The van der Waals surface area contributed by atoms with Crippen LogP contribution in [0.5, 0.6) is 0 Å². The molecular formula is C14H14N4O. The molecule has 0 atom stereocenters. The molecule has 0 aliphatic carbocycles. The van der Waals surface area contributed by atoms with Gasteiger partial charge in [-0.05, 0) is 31.2 Å². The maximum absolute atomic E-state index is 5.91. The third-order valence-electron chi connectivity index (χ3n) is 2.90. The van der Waals surface area contributed by atoms with E-state index in [1.54, 1.807) is 12.4 Å². The van der Waals surface area contributed by atoms with Crippen LogP contribution in [0.1, 0.15) is 11.7 Å². The van der Waals surface area contributed by atoms with Crippen molar-refractivity contribution in [3.8, 4) is 0 Å². The van der Waals surface area contributed by atoms with E-state index in [0.717, 1.165) is 22.4 Å². The van der Waals surface area contributed by atoms with Gasteiger partial charge < -0.3 is 15.5 Å². The largest absolute Gasteiger partial charge is 0.444 e. The van der Waals surface area contributed by atoms with Crippen LogP contribution in [0, 0.1) is 6.92 Å². The maximum Gasteiger partial charge on any atom is 0.213 e. The first kappa shape index (κ1) is 11.5. The highest BCUT2D eigenvalue weighted by Gasteiger charge is 2.06. The lowest BCUT2D eigenvalue weighted by Gasteiger charge is -2.09. The summed E-state index contributed by atoms with van der Waals surface area (Å²) in [5.41, 5.74) is 8.36. The summed E-state index contributed by atoms with van der Waals surface area (Å²) in [6.45, 7) is 2.40. The van der Waals surface area contributed by atoms with Gasteiger partial charge in [0.15, 0.2) is 0 Å². The lowest BCUT2D eigenvalue weighted by molar-refractivity contribution is 0.479. The van der Waals surface area contributed by atoms with E-state index in [1.165, 1.54) is 0 Å². The van der Waals surface area contributed by atoms with Crippen molar-refractivity contribution in [1.29, 1.82) is 0 Å². The van der Waals surface area contributed by atoms with Gasteiger partial charge in [0, 0.05) is 17.3 Å². The van der Waals surface area contributed by atoms with Gasteiger partial charge in [0.05, 0.1) is 23.9 Å². The molecule has 0 unspecified atom stereocenters. The molecule has 5 nitrogen and oxygen atoms in total. The van der Waals surface area contributed by atoms with Crippen molar-refractivity contribution in [2.24, 2.45) is 0 Å². The van der Waals surface area contributed by atoms with Crippen LogP contribution in [-0.2, 0) is 6.54 Å². The molecule has 0 fully saturated rings. The van der Waals surface area contributed by atoms with Crippen LogP contribution in [0.3, 0.4) is 0 Å². The van der Waals surface area contributed by atoms with Crippen LogP contribution in [0.4, 0.5) is 11.4 Å². The van der Waals surface area contributed by atoms with Crippen molar-refractivity contribution in [2.45, 2.75) is 13.5 Å². The van der Waals surface area contributed by atoms with Gasteiger partial charge in [-0.3, -0.25) is 4.98 Å². The zero-order chi connectivity index (χ0) is 13.2. The highest BCUT2D eigenvalue weighted by atomic mass is 16.4. The Kier molecular flexibility index (Phi) is 2.79. The predicted molar refractivity (Wildman–Crippen MR) is 74.7 cm³/mol. The number of fused-ring (bicyclic) bond motifs is 1. The van der Waals surface area contributed by atoms with E-state index >= 15 is 0 Å². The fraction of sp³-hybridized carbons (Fsp3) is 0.143. The molecule has 3 N–H and O–H groups in total. The number of nitrogens with two attached hydrogens (primary N) is 1. The van der Waals surface area contributed by atoms with Crippen molar-refractivity contribution < 1.29 is 4.42 Å². The first-order chi connectivity index (χ1) is 9.24. The number of rotatable bonds is 3. The minimum absolute atomic E-state index is 0.530. The maximum atomic E-state index is 5.91. The average Bonchev–Trinajstić information content (AvgIpc) is 2.84. The van der Waals surface area contributed by atoms with Crippen LogP contribution in [-0.4, -0.2) is 9.97 Å². The van der Waals surface area contributed by atoms with E-state index in [2.05, 4.69) is 15.3 Å². The second-order valence-electron chi connectivity index (χ2n) is 4.32.